The van der Waals surface area contributed by atoms with Crippen molar-refractivity contribution in [3.63, 3.8) is 0 Å². The number of nitrogens with zero attached hydrogens (tertiary/aromatic N) is 4. The summed E-state index contributed by atoms with van der Waals surface area (Å²) < 4.78 is 2.54. The Labute approximate surface area is 142 Å². The summed E-state index contributed by atoms with van der Waals surface area (Å²) in [6.07, 6.45) is 0. The summed E-state index contributed by atoms with van der Waals surface area (Å²) >= 11 is 6.01. The quantitative estimate of drug-likeness (QED) is 0.788. The lowest BCUT2D eigenvalue weighted by Crippen LogP contribution is -2.29. The van der Waals surface area contributed by atoms with Gasteiger partial charge in [0, 0.05) is 11.3 Å². The Kier molecular flexibility index (Phi) is 4.11. The summed E-state index contributed by atoms with van der Waals surface area (Å²) in [5, 5.41) is 7.38. The fourth-order valence-electron chi connectivity index (χ4n) is 2.47. The van der Waals surface area contributed by atoms with Gasteiger partial charge in [-0.3, -0.25) is 4.79 Å². The first kappa shape index (κ1) is 16.2. The van der Waals surface area contributed by atoms with Crippen molar-refractivity contribution < 1.29 is 4.79 Å². The van der Waals surface area contributed by atoms with Gasteiger partial charge >= 0.3 is 5.69 Å². The molecule has 2 heterocycles. The van der Waals surface area contributed by atoms with E-state index in [9.17, 15) is 9.59 Å². The van der Waals surface area contributed by atoms with Crippen LogP contribution in [0.4, 0.5) is 5.69 Å². The molecule has 0 aliphatic heterocycles. The number of benzene rings is 1. The zero-order valence-corrected chi connectivity index (χ0v) is 14.3. The lowest BCUT2D eigenvalue weighted by molar-refractivity contribution is -0.117. The summed E-state index contributed by atoms with van der Waals surface area (Å²) in [6, 6.07) is 6.90. The number of amides is 1. The molecule has 0 fully saturated rings. The Morgan fingerprint density at radius 1 is 1.25 bits per heavy atom. The number of aryl methyl sites for hydroxylation is 3. The number of fused-ring (bicyclic) bond motifs is 1. The van der Waals surface area contributed by atoms with Gasteiger partial charge < -0.3 is 5.32 Å². The highest BCUT2D eigenvalue weighted by atomic mass is 35.5. The number of carbonyl (C=O) groups excluding carboxylic acids is 1. The predicted octanol–water partition coefficient (Wildman–Crippen LogP) is 2.11. The molecule has 8 heteroatoms. The first-order valence-electron chi connectivity index (χ1n) is 7.36. The molecular weight excluding hydrogens is 330 g/mol. The van der Waals surface area contributed by atoms with E-state index in [-0.39, 0.29) is 12.5 Å². The van der Waals surface area contributed by atoms with Crippen LogP contribution in [-0.4, -0.2) is 25.1 Å². The number of anilines is 1. The van der Waals surface area contributed by atoms with E-state index >= 15 is 0 Å². The normalized spacial score (nSPS) is 11.0. The van der Waals surface area contributed by atoms with Crippen LogP contribution in [0.25, 0.3) is 5.65 Å². The Bertz CT molecular complexity index is 1010. The highest BCUT2D eigenvalue weighted by Gasteiger charge is 2.16. The molecule has 1 aromatic carbocycles. The fourth-order valence-corrected chi connectivity index (χ4v) is 2.65. The van der Waals surface area contributed by atoms with Gasteiger partial charge in [-0.1, -0.05) is 23.7 Å². The molecule has 3 aromatic rings. The molecule has 2 aromatic heterocycles. The number of aromatic nitrogens is 4. The minimum Gasteiger partial charge on any atom is -0.323 e. The smallest absolute Gasteiger partial charge is 0.323 e. The van der Waals surface area contributed by atoms with E-state index in [1.165, 1.54) is 4.40 Å². The van der Waals surface area contributed by atoms with Crippen LogP contribution in [0.1, 0.15) is 17.1 Å². The zero-order valence-electron chi connectivity index (χ0n) is 13.5. The lowest BCUT2D eigenvalue weighted by Gasteiger charge is -2.06. The van der Waals surface area contributed by atoms with Gasteiger partial charge in [0.2, 0.25) is 5.91 Å². The van der Waals surface area contributed by atoms with E-state index in [1.54, 1.807) is 31.2 Å². The molecule has 0 aliphatic carbocycles. The molecule has 3 rings (SSSR count). The molecule has 0 unspecified atom stereocenters. The Morgan fingerprint density at radius 3 is 2.67 bits per heavy atom. The molecule has 1 N–H and O–H groups in total. The topological polar surface area (TPSA) is 81.3 Å². The maximum absolute atomic E-state index is 12.5. The molecule has 7 nitrogen and oxygen atoms in total. The minimum absolute atomic E-state index is 0.205. The van der Waals surface area contributed by atoms with E-state index in [0.717, 1.165) is 15.9 Å². The van der Waals surface area contributed by atoms with E-state index in [2.05, 4.69) is 15.4 Å². The van der Waals surface area contributed by atoms with Gasteiger partial charge in [-0.15, -0.1) is 5.10 Å². The summed E-state index contributed by atoms with van der Waals surface area (Å²) in [5.74, 6) is 0.157. The average molecular weight is 346 g/mol. The Hall–Kier alpha value is -2.67. The molecule has 0 aliphatic rings. The first-order chi connectivity index (χ1) is 11.4. The number of para-hydroxylation sites is 1. The van der Waals surface area contributed by atoms with E-state index in [0.29, 0.717) is 22.2 Å². The predicted molar refractivity (Wildman–Crippen MR) is 91.5 cm³/mol. The molecule has 1 amide bonds. The molecular formula is C16H16ClN5O2. The second kappa shape index (κ2) is 6.09. The molecule has 0 bridgehead atoms. The van der Waals surface area contributed by atoms with Crippen LogP contribution in [0.2, 0.25) is 5.02 Å². The molecule has 0 saturated heterocycles. The van der Waals surface area contributed by atoms with Gasteiger partial charge in [-0.2, -0.15) is 0 Å². The maximum Gasteiger partial charge on any atom is 0.352 e. The van der Waals surface area contributed by atoms with E-state index < -0.39 is 5.69 Å². The van der Waals surface area contributed by atoms with Crippen LogP contribution in [0, 0.1) is 20.8 Å². The SMILES string of the molecule is Cc1nc(C)n2c(=O)n(CC(=O)Nc3ccccc3Cl)nc2c1C. The van der Waals surface area contributed by atoms with Gasteiger partial charge in [0.1, 0.15) is 12.4 Å². The van der Waals surface area contributed by atoms with Crippen LogP contribution < -0.4 is 11.0 Å². The number of rotatable bonds is 3. The molecule has 0 radical (unpaired) electrons. The third kappa shape index (κ3) is 2.78. The second-order valence-electron chi connectivity index (χ2n) is 5.50. The largest absolute Gasteiger partial charge is 0.352 e. The van der Waals surface area contributed by atoms with Crippen molar-refractivity contribution in [2.75, 3.05) is 5.32 Å². The maximum atomic E-state index is 12.5. The summed E-state index contributed by atoms with van der Waals surface area (Å²) in [5.41, 5.74) is 2.22. The Morgan fingerprint density at radius 2 is 1.96 bits per heavy atom. The monoisotopic (exact) mass is 345 g/mol. The van der Waals surface area contributed by atoms with E-state index in [1.807, 2.05) is 13.8 Å². The third-order valence-electron chi connectivity index (χ3n) is 3.81. The standard InChI is InChI=1S/C16H16ClN5O2/c1-9-10(2)18-11(3)22-15(9)20-21(16(22)24)8-14(23)19-13-7-5-4-6-12(13)17/h4-7H,8H2,1-3H3,(H,19,23). The summed E-state index contributed by atoms with van der Waals surface area (Å²) in [6.45, 7) is 5.23. The molecule has 124 valence electrons. The van der Waals surface area contributed by atoms with Crippen LogP contribution >= 0.6 is 11.6 Å². The van der Waals surface area contributed by atoms with Crippen molar-refractivity contribution in [2.45, 2.75) is 27.3 Å². The van der Waals surface area contributed by atoms with Crippen LogP contribution in [0.3, 0.4) is 0 Å². The van der Waals surface area contributed by atoms with Gasteiger partial charge in [0.05, 0.1) is 10.7 Å². The van der Waals surface area contributed by atoms with Gasteiger partial charge in [-0.05, 0) is 32.9 Å². The van der Waals surface area contributed by atoms with Crippen molar-refractivity contribution in [2.24, 2.45) is 0 Å². The van der Waals surface area contributed by atoms with E-state index in [4.69, 9.17) is 11.6 Å². The number of hydrogen-bond acceptors (Lipinski definition) is 4. The third-order valence-corrected chi connectivity index (χ3v) is 4.14. The molecule has 0 atom stereocenters. The van der Waals surface area contributed by atoms with Crippen LogP contribution in [0.15, 0.2) is 29.1 Å². The van der Waals surface area contributed by atoms with Crippen LogP contribution in [-0.2, 0) is 11.3 Å². The van der Waals surface area contributed by atoms with Crippen molar-refractivity contribution >= 4 is 28.8 Å². The van der Waals surface area contributed by atoms with Gasteiger partial charge in [0.25, 0.3) is 0 Å². The Balaban J connectivity index is 1.93. The highest BCUT2D eigenvalue weighted by molar-refractivity contribution is 6.33. The average Bonchev–Trinajstić information content (AvgIpc) is 2.85. The minimum atomic E-state index is -0.396. The lowest BCUT2D eigenvalue weighted by atomic mass is 10.2. The highest BCUT2D eigenvalue weighted by Crippen LogP contribution is 2.20. The van der Waals surface area contributed by atoms with Crippen molar-refractivity contribution in [3.8, 4) is 0 Å². The second-order valence-corrected chi connectivity index (χ2v) is 5.90. The number of carbonyl (C=O) groups is 1. The van der Waals surface area contributed by atoms with Crippen molar-refractivity contribution in [1.29, 1.82) is 0 Å². The molecule has 0 spiro atoms. The molecule has 24 heavy (non-hydrogen) atoms. The number of nitrogens with one attached hydrogen (secondary N) is 1. The number of hydrogen-bond donors (Lipinski definition) is 1. The van der Waals surface area contributed by atoms with Crippen molar-refractivity contribution in [3.05, 3.63) is 56.9 Å². The first-order valence-corrected chi connectivity index (χ1v) is 7.74. The van der Waals surface area contributed by atoms with Crippen molar-refractivity contribution in [1.82, 2.24) is 19.2 Å². The zero-order chi connectivity index (χ0) is 17.4. The van der Waals surface area contributed by atoms with Gasteiger partial charge in [-0.25, -0.2) is 18.9 Å². The molecule has 0 saturated carbocycles. The van der Waals surface area contributed by atoms with Crippen LogP contribution in [0.5, 0.6) is 0 Å². The summed E-state index contributed by atoms with van der Waals surface area (Å²) in [4.78, 5) is 29.0. The fraction of sp³-hybridized carbons (Fsp3) is 0.250. The van der Waals surface area contributed by atoms with Gasteiger partial charge in [0.15, 0.2) is 5.65 Å². The summed E-state index contributed by atoms with van der Waals surface area (Å²) in [7, 11) is 0. The number of halogens is 1.